The van der Waals surface area contributed by atoms with Gasteiger partial charge in [-0.1, -0.05) is 19.1 Å². The molecule has 7 heteroatoms. The maximum atomic E-state index is 12.4. The molecule has 0 bridgehead atoms. The number of para-hydroxylation sites is 1. The lowest BCUT2D eigenvalue weighted by molar-refractivity contribution is -0.0501. The molecule has 1 aliphatic rings. The normalized spacial score (nSPS) is 17.7. The predicted molar refractivity (Wildman–Crippen MR) is 88.5 cm³/mol. The number of amides is 1. The molecule has 0 aromatic heterocycles. The Balaban J connectivity index is 1.82. The number of alkyl halides is 2. The minimum atomic E-state index is -2.95. The third-order valence-corrected chi connectivity index (χ3v) is 4.12. The zero-order chi connectivity index (χ0) is 17.5. The van der Waals surface area contributed by atoms with E-state index >= 15 is 0 Å². The van der Waals surface area contributed by atoms with Crippen LogP contribution in [-0.4, -0.2) is 68.6 Å². The van der Waals surface area contributed by atoms with E-state index in [2.05, 4.69) is 33.8 Å². The van der Waals surface area contributed by atoms with E-state index in [0.717, 1.165) is 32.7 Å². The van der Waals surface area contributed by atoms with Gasteiger partial charge in [-0.3, -0.25) is 4.79 Å². The third-order valence-electron chi connectivity index (χ3n) is 4.12. The van der Waals surface area contributed by atoms with Crippen molar-refractivity contribution in [2.24, 2.45) is 5.92 Å². The molecule has 0 aliphatic carbocycles. The second-order valence-electron chi connectivity index (χ2n) is 6.29. The molecule has 5 nitrogen and oxygen atoms in total. The molecular formula is C17H25F2N3O2. The van der Waals surface area contributed by atoms with Crippen molar-refractivity contribution in [1.29, 1.82) is 0 Å². The van der Waals surface area contributed by atoms with Crippen molar-refractivity contribution in [2.75, 3.05) is 46.3 Å². The van der Waals surface area contributed by atoms with Gasteiger partial charge in [0.05, 0.1) is 5.56 Å². The summed E-state index contributed by atoms with van der Waals surface area (Å²) >= 11 is 0. The number of hydrogen-bond donors (Lipinski definition) is 1. The van der Waals surface area contributed by atoms with Gasteiger partial charge in [0.15, 0.2) is 0 Å². The number of ether oxygens (including phenoxy) is 1. The summed E-state index contributed by atoms with van der Waals surface area (Å²) < 4.78 is 29.2. The SMILES string of the molecule is C[C@H](CNC(=O)c1ccccc1OC(F)F)CN1CCN(C)CC1. The van der Waals surface area contributed by atoms with Crippen LogP contribution in [0.5, 0.6) is 5.75 Å². The zero-order valence-corrected chi connectivity index (χ0v) is 14.2. The smallest absolute Gasteiger partial charge is 0.387 e. The molecule has 0 radical (unpaired) electrons. The molecule has 1 aromatic rings. The Bertz CT molecular complexity index is 534. The van der Waals surface area contributed by atoms with E-state index in [0.29, 0.717) is 6.54 Å². The van der Waals surface area contributed by atoms with E-state index < -0.39 is 12.5 Å². The highest BCUT2D eigenvalue weighted by Crippen LogP contribution is 2.20. The number of nitrogens with one attached hydrogen (secondary N) is 1. The molecule has 0 unspecified atom stereocenters. The molecule has 1 heterocycles. The highest BCUT2D eigenvalue weighted by atomic mass is 19.3. The summed E-state index contributed by atoms with van der Waals surface area (Å²) in [4.78, 5) is 16.9. The Labute approximate surface area is 141 Å². The number of rotatable bonds is 7. The van der Waals surface area contributed by atoms with Crippen molar-refractivity contribution in [3.63, 3.8) is 0 Å². The molecular weight excluding hydrogens is 316 g/mol. The maximum absolute atomic E-state index is 12.4. The molecule has 1 fully saturated rings. The van der Waals surface area contributed by atoms with E-state index in [1.165, 1.54) is 12.1 Å². The summed E-state index contributed by atoms with van der Waals surface area (Å²) in [5.41, 5.74) is 0.129. The highest BCUT2D eigenvalue weighted by molar-refractivity contribution is 5.96. The van der Waals surface area contributed by atoms with Gasteiger partial charge in [0, 0.05) is 39.3 Å². The second kappa shape index (κ2) is 8.94. The van der Waals surface area contributed by atoms with Crippen molar-refractivity contribution in [1.82, 2.24) is 15.1 Å². The van der Waals surface area contributed by atoms with Crippen molar-refractivity contribution >= 4 is 5.91 Å². The van der Waals surface area contributed by atoms with E-state index in [1.807, 2.05) is 0 Å². The number of likely N-dealkylation sites (N-methyl/N-ethyl adjacent to an activating group) is 1. The van der Waals surface area contributed by atoms with Crippen LogP contribution in [-0.2, 0) is 0 Å². The van der Waals surface area contributed by atoms with Gasteiger partial charge in [-0.2, -0.15) is 8.78 Å². The van der Waals surface area contributed by atoms with Gasteiger partial charge in [0.25, 0.3) is 5.91 Å². The van der Waals surface area contributed by atoms with E-state index in [-0.39, 0.29) is 17.2 Å². The molecule has 24 heavy (non-hydrogen) atoms. The number of carbonyl (C=O) groups excluding carboxylic acids is 1. The van der Waals surface area contributed by atoms with Crippen LogP contribution in [0.1, 0.15) is 17.3 Å². The number of piperazine rings is 1. The third kappa shape index (κ3) is 5.72. The summed E-state index contributed by atoms with van der Waals surface area (Å²) in [6.07, 6.45) is 0. The standard InChI is InChI=1S/C17H25F2N3O2/c1-13(12-22-9-7-21(2)8-10-22)11-20-16(23)14-5-3-4-6-15(14)24-17(18)19/h3-6,13,17H,7-12H2,1-2H3,(H,20,23)/t13-/m1/s1. The minimum absolute atomic E-state index is 0.100. The van der Waals surface area contributed by atoms with E-state index in [4.69, 9.17) is 0 Å². The lowest BCUT2D eigenvalue weighted by Gasteiger charge is -2.33. The predicted octanol–water partition coefficient (Wildman–Crippen LogP) is 1.90. The number of nitrogens with zero attached hydrogens (tertiary/aromatic N) is 2. The Kier molecular flexibility index (Phi) is 6.93. The van der Waals surface area contributed by atoms with Crippen LogP contribution in [0.4, 0.5) is 8.78 Å². The monoisotopic (exact) mass is 341 g/mol. The van der Waals surface area contributed by atoms with Gasteiger partial charge in [0.2, 0.25) is 0 Å². The molecule has 0 saturated carbocycles. The topological polar surface area (TPSA) is 44.8 Å². The van der Waals surface area contributed by atoms with Crippen molar-refractivity contribution < 1.29 is 18.3 Å². The average molecular weight is 341 g/mol. The molecule has 1 aliphatic heterocycles. The molecule has 1 amide bonds. The lowest BCUT2D eigenvalue weighted by Crippen LogP contribution is -2.46. The van der Waals surface area contributed by atoms with Gasteiger partial charge < -0.3 is 19.9 Å². The summed E-state index contributed by atoms with van der Waals surface area (Å²) in [6.45, 7) is 4.68. The van der Waals surface area contributed by atoms with Crippen molar-refractivity contribution in [3.05, 3.63) is 29.8 Å². The molecule has 1 aromatic carbocycles. The zero-order valence-electron chi connectivity index (χ0n) is 14.2. The first-order valence-electron chi connectivity index (χ1n) is 8.18. The number of halogens is 2. The van der Waals surface area contributed by atoms with Crippen LogP contribution in [0.25, 0.3) is 0 Å². The first-order valence-corrected chi connectivity index (χ1v) is 8.18. The molecule has 1 N–H and O–H groups in total. The first-order chi connectivity index (χ1) is 11.5. The average Bonchev–Trinajstić information content (AvgIpc) is 2.55. The molecule has 0 spiro atoms. The quantitative estimate of drug-likeness (QED) is 0.823. The highest BCUT2D eigenvalue weighted by Gasteiger charge is 2.18. The summed E-state index contributed by atoms with van der Waals surface area (Å²) in [5.74, 6) is -0.214. The van der Waals surface area contributed by atoms with Crippen LogP contribution in [0, 0.1) is 5.92 Å². The fourth-order valence-corrected chi connectivity index (χ4v) is 2.75. The molecule has 134 valence electrons. The fraction of sp³-hybridized carbons (Fsp3) is 0.588. The van der Waals surface area contributed by atoms with Crippen molar-refractivity contribution in [3.8, 4) is 5.75 Å². The second-order valence-corrected chi connectivity index (χ2v) is 6.29. The fourth-order valence-electron chi connectivity index (χ4n) is 2.75. The van der Waals surface area contributed by atoms with Crippen LogP contribution < -0.4 is 10.1 Å². The van der Waals surface area contributed by atoms with Gasteiger partial charge in [0.1, 0.15) is 5.75 Å². The maximum Gasteiger partial charge on any atom is 0.387 e. The first kappa shape index (κ1) is 18.6. The van der Waals surface area contributed by atoms with Gasteiger partial charge >= 0.3 is 6.61 Å². The molecule has 1 atom stereocenters. The van der Waals surface area contributed by atoms with Crippen LogP contribution in [0.15, 0.2) is 24.3 Å². The molecule has 2 rings (SSSR count). The largest absolute Gasteiger partial charge is 0.434 e. The number of carbonyl (C=O) groups is 1. The minimum Gasteiger partial charge on any atom is -0.434 e. The Morgan fingerprint density at radius 1 is 1.25 bits per heavy atom. The van der Waals surface area contributed by atoms with Gasteiger partial charge in [-0.15, -0.1) is 0 Å². The van der Waals surface area contributed by atoms with Crippen LogP contribution >= 0.6 is 0 Å². The van der Waals surface area contributed by atoms with Crippen LogP contribution in [0.3, 0.4) is 0 Å². The Morgan fingerprint density at radius 3 is 2.58 bits per heavy atom. The Hall–Kier alpha value is -1.73. The van der Waals surface area contributed by atoms with Gasteiger partial charge in [-0.05, 0) is 25.1 Å². The van der Waals surface area contributed by atoms with E-state index in [1.54, 1.807) is 12.1 Å². The number of hydrogen-bond acceptors (Lipinski definition) is 4. The summed E-state index contributed by atoms with van der Waals surface area (Å²) in [5, 5.41) is 2.81. The van der Waals surface area contributed by atoms with E-state index in [9.17, 15) is 13.6 Å². The molecule has 1 saturated heterocycles. The van der Waals surface area contributed by atoms with Crippen LogP contribution in [0.2, 0.25) is 0 Å². The summed E-state index contributed by atoms with van der Waals surface area (Å²) in [6, 6.07) is 6.04. The Morgan fingerprint density at radius 2 is 1.92 bits per heavy atom. The van der Waals surface area contributed by atoms with Gasteiger partial charge in [-0.25, -0.2) is 0 Å². The van der Waals surface area contributed by atoms with Crippen molar-refractivity contribution in [2.45, 2.75) is 13.5 Å². The lowest BCUT2D eigenvalue weighted by atomic mass is 10.1. The number of benzene rings is 1. The summed E-state index contributed by atoms with van der Waals surface area (Å²) in [7, 11) is 2.11.